The molecule has 1 aliphatic rings. The Morgan fingerprint density at radius 2 is 1.96 bits per heavy atom. The van der Waals surface area contributed by atoms with E-state index in [9.17, 15) is 18.7 Å². The monoisotopic (exact) mass is 327 g/mol. The minimum Gasteiger partial charge on any atom is -0.386 e. The van der Waals surface area contributed by atoms with Crippen LogP contribution in [0.1, 0.15) is 50.7 Å². The third kappa shape index (κ3) is 4.72. The van der Waals surface area contributed by atoms with Gasteiger partial charge in [-0.15, -0.1) is 0 Å². The third-order valence-corrected chi connectivity index (χ3v) is 4.12. The Kier molecular flexibility index (Phi) is 6.47. The number of carbonyl (C=O) groups excluding carboxylic acids is 1. The Bertz CT molecular complexity index is 512. The van der Waals surface area contributed by atoms with Crippen LogP contribution in [0.2, 0.25) is 0 Å². The van der Waals surface area contributed by atoms with Gasteiger partial charge in [-0.05, 0) is 31.4 Å². The number of aliphatic hydroxyl groups excluding tert-OH is 1. The zero-order valence-corrected chi connectivity index (χ0v) is 13.2. The minimum atomic E-state index is -1.44. The van der Waals surface area contributed by atoms with E-state index in [2.05, 4.69) is 5.32 Å². The number of ether oxygens (including phenoxy) is 1. The molecule has 1 amide bonds. The lowest BCUT2D eigenvalue weighted by molar-refractivity contribution is -0.137. The topological polar surface area (TPSA) is 58.6 Å². The standard InChI is InChI=1S/C17H23F2NO3/c1-2-15(23-11-6-3-4-7-11)17(22)20-10-14(21)16-12(18)8-5-9-13(16)19/h5,8-9,11,14-15,21H,2-4,6-7,10H2,1H3,(H,20,22). The molecular formula is C17H23F2NO3. The SMILES string of the molecule is CCC(OC1CCCC1)C(=O)NCC(O)c1c(F)cccc1F. The van der Waals surface area contributed by atoms with E-state index in [1.165, 1.54) is 6.07 Å². The van der Waals surface area contributed by atoms with E-state index in [1.54, 1.807) is 0 Å². The molecule has 128 valence electrons. The predicted molar refractivity (Wildman–Crippen MR) is 81.7 cm³/mol. The van der Waals surface area contributed by atoms with Crippen LogP contribution in [-0.2, 0) is 9.53 Å². The van der Waals surface area contributed by atoms with Crippen LogP contribution in [0.15, 0.2) is 18.2 Å². The third-order valence-electron chi connectivity index (χ3n) is 4.12. The van der Waals surface area contributed by atoms with Crippen molar-refractivity contribution >= 4 is 5.91 Å². The number of amides is 1. The van der Waals surface area contributed by atoms with Gasteiger partial charge in [0.05, 0.1) is 11.7 Å². The molecule has 0 spiro atoms. The maximum Gasteiger partial charge on any atom is 0.249 e. The van der Waals surface area contributed by atoms with Crippen LogP contribution in [0.5, 0.6) is 0 Å². The van der Waals surface area contributed by atoms with Crippen molar-refractivity contribution in [1.29, 1.82) is 0 Å². The summed E-state index contributed by atoms with van der Waals surface area (Å²) in [4.78, 5) is 12.1. The van der Waals surface area contributed by atoms with Crippen LogP contribution in [0, 0.1) is 11.6 Å². The van der Waals surface area contributed by atoms with Crippen LogP contribution in [-0.4, -0.2) is 29.8 Å². The van der Waals surface area contributed by atoms with Crippen molar-refractivity contribution in [3.63, 3.8) is 0 Å². The average Bonchev–Trinajstić information content (AvgIpc) is 3.03. The molecule has 2 rings (SSSR count). The summed E-state index contributed by atoms with van der Waals surface area (Å²) in [5.41, 5.74) is -0.433. The molecule has 1 aromatic rings. The Labute approximate surface area is 134 Å². The number of halogens is 2. The van der Waals surface area contributed by atoms with Crippen LogP contribution in [0.3, 0.4) is 0 Å². The fraction of sp³-hybridized carbons (Fsp3) is 0.588. The van der Waals surface area contributed by atoms with Gasteiger partial charge in [-0.1, -0.05) is 25.8 Å². The smallest absolute Gasteiger partial charge is 0.249 e. The molecule has 1 aromatic carbocycles. The molecule has 23 heavy (non-hydrogen) atoms. The highest BCUT2D eigenvalue weighted by molar-refractivity contribution is 5.80. The summed E-state index contributed by atoms with van der Waals surface area (Å²) in [6.07, 6.45) is 2.67. The molecule has 0 aliphatic heterocycles. The van der Waals surface area contributed by atoms with Crippen molar-refractivity contribution in [1.82, 2.24) is 5.32 Å². The van der Waals surface area contributed by atoms with Gasteiger partial charge >= 0.3 is 0 Å². The van der Waals surface area contributed by atoms with Gasteiger partial charge in [0.1, 0.15) is 23.8 Å². The number of benzene rings is 1. The summed E-state index contributed by atoms with van der Waals surface area (Å²) < 4.78 is 32.9. The molecular weight excluding hydrogens is 304 g/mol. The minimum absolute atomic E-state index is 0.0969. The highest BCUT2D eigenvalue weighted by Gasteiger charge is 2.25. The van der Waals surface area contributed by atoms with E-state index >= 15 is 0 Å². The molecule has 1 fully saturated rings. The normalized spacial score (nSPS) is 17.9. The summed E-state index contributed by atoms with van der Waals surface area (Å²) >= 11 is 0. The Morgan fingerprint density at radius 3 is 2.52 bits per heavy atom. The maximum atomic E-state index is 13.6. The lowest BCUT2D eigenvalue weighted by Crippen LogP contribution is -2.40. The van der Waals surface area contributed by atoms with Crippen molar-refractivity contribution in [2.75, 3.05) is 6.54 Å². The van der Waals surface area contributed by atoms with Crippen LogP contribution >= 0.6 is 0 Å². The quantitative estimate of drug-likeness (QED) is 0.810. The second-order valence-corrected chi connectivity index (χ2v) is 5.84. The predicted octanol–water partition coefficient (Wildman–Crippen LogP) is 2.85. The molecule has 4 nitrogen and oxygen atoms in total. The number of aliphatic hydroxyl groups is 1. The Balaban J connectivity index is 1.89. The van der Waals surface area contributed by atoms with Gasteiger partial charge in [-0.2, -0.15) is 0 Å². The fourth-order valence-electron chi connectivity index (χ4n) is 2.84. The van der Waals surface area contributed by atoms with Gasteiger partial charge in [0.2, 0.25) is 5.91 Å². The highest BCUT2D eigenvalue weighted by Crippen LogP contribution is 2.23. The van der Waals surface area contributed by atoms with Crippen LogP contribution in [0.25, 0.3) is 0 Å². The number of rotatable bonds is 7. The first-order valence-electron chi connectivity index (χ1n) is 8.08. The molecule has 0 radical (unpaired) electrons. The first-order chi connectivity index (χ1) is 11.0. The lowest BCUT2D eigenvalue weighted by Gasteiger charge is -2.21. The summed E-state index contributed by atoms with van der Waals surface area (Å²) in [7, 11) is 0. The van der Waals surface area contributed by atoms with Crippen LogP contribution < -0.4 is 5.32 Å². The Hall–Kier alpha value is -1.53. The molecule has 0 aromatic heterocycles. The molecule has 6 heteroatoms. The Morgan fingerprint density at radius 1 is 1.35 bits per heavy atom. The molecule has 0 heterocycles. The van der Waals surface area contributed by atoms with Crippen molar-refractivity contribution < 1.29 is 23.4 Å². The van der Waals surface area contributed by atoms with Gasteiger partial charge in [0.15, 0.2) is 0 Å². The van der Waals surface area contributed by atoms with Crippen molar-refractivity contribution in [2.24, 2.45) is 0 Å². The number of hydrogen-bond acceptors (Lipinski definition) is 3. The van der Waals surface area contributed by atoms with Gasteiger partial charge in [0, 0.05) is 6.54 Å². The highest BCUT2D eigenvalue weighted by atomic mass is 19.1. The first kappa shape index (κ1) is 17.8. The molecule has 1 saturated carbocycles. The van der Waals surface area contributed by atoms with Gasteiger partial charge < -0.3 is 15.2 Å². The molecule has 2 unspecified atom stereocenters. The van der Waals surface area contributed by atoms with Crippen molar-refractivity contribution in [3.8, 4) is 0 Å². The number of hydrogen-bond donors (Lipinski definition) is 2. The first-order valence-corrected chi connectivity index (χ1v) is 8.08. The second kappa shape index (κ2) is 8.36. The molecule has 0 saturated heterocycles. The summed E-state index contributed by atoms with van der Waals surface area (Å²) in [5.74, 6) is -2.03. The van der Waals surface area contributed by atoms with Gasteiger partial charge in [-0.25, -0.2) is 8.78 Å². The van der Waals surface area contributed by atoms with Gasteiger partial charge in [0.25, 0.3) is 0 Å². The zero-order valence-electron chi connectivity index (χ0n) is 13.2. The molecule has 2 N–H and O–H groups in total. The lowest BCUT2D eigenvalue weighted by atomic mass is 10.1. The average molecular weight is 327 g/mol. The largest absolute Gasteiger partial charge is 0.386 e. The fourth-order valence-corrected chi connectivity index (χ4v) is 2.84. The summed E-state index contributed by atoms with van der Waals surface area (Å²) in [6, 6.07) is 3.37. The van der Waals surface area contributed by atoms with E-state index in [1.807, 2.05) is 6.92 Å². The van der Waals surface area contributed by atoms with Crippen molar-refractivity contribution in [3.05, 3.63) is 35.4 Å². The van der Waals surface area contributed by atoms with E-state index in [-0.39, 0.29) is 18.6 Å². The van der Waals surface area contributed by atoms with E-state index < -0.39 is 29.4 Å². The van der Waals surface area contributed by atoms with E-state index in [4.69, 9.17) is 4.74 Å². The van der Waals surface area contributed by atoms with E-state index in [0.717, 1.165) is 37.8 Å². The zero-order chi connectivity index (χ0) is 16.8. The molecule has 0 bridgehead atoms. The summed E-state index contributed by atoms with van der Waals surface area (Å²) in [5, 5.41) is 12.4. The van der Waals surface area contributed by atoms with Gasteiger partial charge in [-0.3, -0.25) is 4.79 Å². The number of nitrogens with one attached hydrogen (secondary N) is 1. The van der Waals surface area contributed by atoms with Crippen molar-refractivity contribution in [2.45, 2.75) is 57.3 Å². The second-order valence-electron chi connectivity index (χ2n) is 5.84. The summed E-state index contributed by atoms with van der Waals surface area (Å²) in [6.45, 7) is 1.58. The number of carbonyl (C=O) groups is 1. The van der Waals surface area contributed by atoms with E-state index in [0.29, 0.717) is 6.42 Å². The molecule has 2 atom stereocenters. The van der Waals surface area contributed by atoms with Crippen LogP contribution in [0.4, 0.5) is 8.78 Å². The molecule has 1 aliphatic carbocycles. The maximum absolute atomic E-state index is 13.6.